The lowest BCUT2D eigenvalue weighted by Gasteiger charge is -2.02. The SMILES string of the molecule is CCCOCNC(=O)CI. The fourth-order valence-corrected chi connectivity index (χ4v) is 0.665. The van der Waals surface area contributed by atoms with Crippen molar-refractivity contribution >= 4 is 28.5 Å². The maximum absolute atomic E-state index is 10.6. The molecule has 0 bridgehead atoms. The standard InChI is InChI=1S/C6H12INO2/c1-2-3-10-5-8-6(9)4-7/h2-5H2,1H3,(H,8,9). The Hall–Kier alpha value is 0.160. The maximum atomic E-state index is 10.6. The van der Waals surface area contributed by atoms with Crippen molar-refractivity contribution in [2.45, 2.75) is 13.3 Å². The summed E-state index contributed by atoms with van der Waals surface area (Å²) in [5.74, 6) is 0.0247. The van der Waals surface area contributed by atoms with E-state index >= 15 is 0 Å². The van der Waals surface area contributed by atoms with Crippen LogP contribution in [0.1, 0.15) is 13.3 Å². The van der Waals surface area contributed by atoms with E-state index in [1.54, 1.807) is 0 Å². The summed E-state index contributed by atoms with van der Waals surface area (Å²) in [6, 6.07) is 0. The first kappa shape index (κ1) is 10.2. The number of carbonyl (C=O) groups is 1. The molecule has 0 aliphatic carbocycles. The number of alkyl halides is 1. The van der Waals surface area contributed by atoms with E-state index in [0.29, 0.717) is 17.8 Å². The van der Waals surface area contributed by atoms with E-state index in [4.69, 9.17) is 4.74 Å². The molecule has 0 atom stereocenters. The molecule has 1 N–H and O–H groups in total. The van der Waals surface area contributed by atoms with E-state index in [-0.39, 0.29) is 5.91 Å². The number of halogens is 1. The summed E-state index contributed by atoms with van der Waals surface area (Å²) in [7, 11) is 0. The van der Waals surface area contributed by atoms with Crippen molar-refractivity contribution < 1.29 is 9.53 Å². The van der Waals surface area contributed by atoms with E-state index in [1.807, 2.05) is 29.5 Å². The smallest absolute Gasteiger partial charge is 0.231 e. The minimum absolute atomic E-state index is 0.0247. The molecule has 0 spiro atoms. The summed E-state index contributed by atoms with van der Waals surface area (Å²) < 4.78 is 5.51. The van der Waals surface area contributed by atoms with E-state index in [0.717, 1.165) is 6.42 Å². The first-order valence-corrected chi connectivity index (χ1v) is 4.74. The third-order valence-corrected chi connectivity index (χ3v) is 1.53. The highest BCUT2D eigenvalue weighted by Gasteiger charge is 1.93. The van der Waals surface area contributed by atoms with Crippen LogP contribution < -0.4 is 5.32 Å². The fourth-order valence-electron chi connectivity index (χ4n) is 0.395. The molecule has 0 fully saturated rings. The summed E-state index contributed by atoms with van der Waals surface area (Å²) in [4.78, 5) is 10.6. The van der Waals surface area contributed by atoms with E-state index in [1.165, 1.54) is 0 Å². The van der Waals surface area contributed by atoms with Gasteiger partial charge in [-0.25, -0.2) is 0 Å². The zero-order valence-corrected chi connectivity index (χ0v) is 8.18. The Balaban J connectivity index is 2.96. The van der Waals surface area contributed by atoms with E-state index < -0.39 is 0 Å². The third kappa shape index (κ3) is 6.28. The monoisotopic (exact) mass is 257 g/mol. The number of hydrogen-bond acceptors (Lipinski definition) is 2. The number of hydrogen-bond donors (Lipinski definition) is 1. The molecule has 4 heteroatoms. The molecule has 0 saturated carbocycles. The van der Waals surface area contributed by atoms with Gasteiger partial charge in [-0.2, -0.15) is 0 Å². The van der Waals surface area contributed by atoms with Crippen molar-refractivity contribution in [2.75, 3.05) is 17.8 Å². The van der Waals surface area contributed by atoms with Crippen LogP contribution in [0.4, 0.5) is 0 Å². The Labute approximate surface area is 74.7 Å². The molecule has 10 heavy (non-hydrogen) atoms. The van der Waals surface area contributed by atoms with Gasteiger partial charge in [-0.15, -0.1) is 0 Å². The predicted molar refractivity (Wildman–Crippen MR) is 48.1 cm³/mol. The molecule has 3 nitrogen and oxygen atoms in total. The van der Waals surface area contributed by atoms with Crippen LogP contribution in [-0.4, -0.2) is 23.7 Å². The van der Waals surface area contributed by atoms with Crippen molar-refractivity contribution in [1.82, 2.24) is 5.32 Å². The van der Waals surface area contributed by atoms with Crippen molar-refractivity contribution in [3.63, 3.8) is 0 Å². The van der Waals surface area contributed by atoms with Gasteiger partial charge < -0.3 is 10.1 Å². The van der Waals surface area contributed by atoms with Gasteiger partial charge in [0.25, 0.3) is 0 Å². The van der Waals surface area contributed by atoms with E-state index in [2.05, 4.69) is 5.32 Å². The first-order chi connectivity index (χ1) is 4.81. The van der Waals surface area contributed by atoms with Gasteiger partial charge >= 0.3 is 0 Å². The number of carbonyl (C=O) groups excluding carboxylic acids is 1. The minimum Gasteiger partial charge on any atom is -0.361 e. The van der Waals surface area contributed by atoms with Gasteiger partial charge in [0.05, 0.1) is 4.43 Å². The van der Waals surface area contributed by atoms with Crippen LogP contribution in [0.2, 0.25) is 0 Å². The Kier molecular flexibility index (Phi) is 7.39. The lowest BCUT2D eigenvalue weighted by atomic mass is 10.5. The van der Waals surface area contributed by atoms with Gasteiger partial charge in [0.2, 0.25) is 5.91 Å². The van der Waals surface area contributed by atoms with Crippen LogP contribution in [0.5, 0.6) is 0 Å². The third-order valence-electron chi connectivity index (χ3n) is 0.841. The lowest BCUT2D eigenvalue weighted by Crippen LogP contribution is -2.26. The molecule has 0 rings (SSSR count). The zero-order valence-electron chi connectivity index (χ0n) is 6.02. The van der Waals surface area contributed by atoms with Gasteiger partial charge in [0.15, 0.2) is 0 Å². The van der Waals surface area contributed by atoms with E-state index in [9.17, 15) is 4.79 Å². The molecule has 0 aliphatic rings. The van der Waals surface area contributed by atoms with Gasteiger partial charge in [-0.3, -0.25) is 4.79 Å². The van der Waals surface area contributed by atoms with Crippen molar-refractivity contribution in [3.05, 3.63) is 0 Å². The average molecular weight is 257 g/mol. The number of ether oxygens (including phenoxy) is 1. The summed E-state index contributed by atoms with van der Waals surface area (Å²) in [6.07, 6.45) is 0.986. The molecule has 0 aromatic heterocycles. The highest BCUT2D eigenvalue weighted by Crippen LogP contribution is 1.80. The van der Waals surface area contributed by atoms with Crippen LogP contribution in [-0.2, 0) is 9.53 Å². The summed E-state index contributed by atoms with van der Waals surface area (Å²) in [6.45, 7) is 3.08. The normalized spacial score (nSPS) is 9.40. The first-order valence-electron chi connectivity index (χ1n) is 3.21. The van der Waals surface area contributed by atoms with Gasteiger partial charge in [0.1, 0.15) is 6.73 Å². The molecular formula is C6H12INO2. The molecule has 0 aromatic rings. The van der Waals surface area contributed by atoms with Crippen LogP contribution >= 0.6 is 22.6 Å². The molecule has 0 unspecified atom stereocenters. The van der Waals surface area contributed by atoms with Crippen molar-refractivity contribution in [2.24, 2.45) is 0 Å². The van der Waals surface area contributed by atoms with Gasteiger partial charge in [-0.05, 0) is 6.42 Å². The summed E-state index contributed by atoms with van der Waals surface area (Å²) in [5, 5.41) is 2.60. The van der Waals surface area contributed by atoms with Crippen molar-refractivity contribution in [3.8, 4) is 0 Å². The average Bonchev–Trinajstić information content (AvgIpc) is 1.98. The van der Waals surface area contributed by atoms with Crippen LogP contribution in [0.3, 0.4) is 0 Å². The highest BCUT2D eigenvalue weighted by molar-refractivity contribution is 14.1. The largest absolute Gasteiger partial charge is 0.361 e. The Morgan fingerprint density at radius 1 is 1.70 bits per heavy atom. The zero-order chi connectivity index (χ0) is 7.82. The Morgan fingerprint density at radius 3 is 2.90 bits per heavy atom. The molecule has 0 saturated heterocycles. The molecule has 0 radical (unpaired) electrons. The highest BCUT2D eigenvalue weighted by atomic mass is 127. The lowest BCUT2D eigenvalue weighted by molar-refractivity contribution is -0.120. The molecule has 0 heterocycles. The quantitative estimate of drug-likeness (QED) is 0.344. The second-order valence-electron chi connectivity index (χ2n) is 1.79. The molecule has 60 valence electrons. The number of nitrogens with one attached hydrogen (secondary N) is 1. The number of amides is 1. The second-order valence-corrected chi connectivity index (χ2v) is 2.55. The molecule has 1 amide bonds. The summed E-state index contributed by atoms with van der Waals surface area (Å²) >= 11 is 2.01. The van der Waals surface area contributed by atoms with Gasteiger partial charge in [-0.1, -0.05) is 29.5 Å². The maximum Gasteiger partial charge on any atom is 0.231 e. The van der Waals surface area contributed by atoms with Crippen molar-refractivity contribution in [1.29, 1.82) is 0 Å². The Bertz CT molecular complexity index is 97.7. The van der Waals surface area contributed by atoms with Crippen LogP contribution in [0.25, 0.3) is 0 Å². The molecule has 0 aliphatic heterocycles. The van der Waals surface area contributed by atoms with Crippen LogP contribution in [0.15, 0.2) is 0 Å². The minimum atomic E-state index is 0.0247. The number of rotatable bonds is 5. The topological polar surface area (TPSA) is 38.3 Å². The second kappa shape index (κ2) is 7.27. The predicted octanol–water partition coefficient (Wildman–Crippen LogP) is 0.922. The van der Waals surface area contributed by atoms with Crippen LogP contribution in [0, 0.1) is 0 Å². The molecular weight excluding hydrogens is 245 g/mol. The Morgan fingerprint density at radius 2 is 2.40 bits per heavy atom. The van der Waals surface area contributed by atoms with Gasteiger partial charge in [0, 0.05) is 6.61 Å². The molecule has 0 aromatic carbocycles. The fraction of sp³-hybridized carbons (Fsp3) is 0.833. The summed E-state index contributed by atoms with van der Waals surface area (Å²) in [5.41, 5.74) is 0.